The number of phenols is 5. The highest BCUT2D eigenvalue weighted by Crippen LogP contribution is 2.62. The number of Topliss-reactive ketones (excluding diaryl/α,β-unsaturated/α-hetero) is 1. The van der Waals surface area contributed by atoms with Crippen LogP contribution in [0.5, 0.6) is 51.7 Å². The summed E-state index contributed by atoms with van der Waals surface area (Å²) in [7, 11) is 0. The molecule has 1 fully saturated rings. The van der Waals surface area contributed by atoms with Gasteiger partial charge in [0.1, 0.15) is 76.3 Å². The molecule has 1 saturated heterocycles. The first-order valence-electron chi connectivity index (χ1n) is 16.0. The van der Waals surface area contributed by atoms with E-state index < -0.39 is 78.2 Å². The maximum Gasteiger partial charge on any atom is 0.279 e. The highest BCUT2D eigenvalue weighted by molar-refractivity contribution is 6.03. The summed E-state index contributed by atoms with van der Waals surface area (Å²) >= 11 is 0. The normalized spacial score (nSPS) is 29.0. The molecule has 0 spiro atoms. The fourth-order valence-corrected chi connectivity index (χ4v) is 7.23. The van der Waals surface area contributed by atoms with Crippen molar-refractivity contribution in [2.75, 3.05) is 6.61 Å². The van der Waals surface area contributed by atoms with E-state index in [2.05, 4.69) is 0 Å². The van der Waals surface area contributed by atoms with Gasteiger partial charge in [0, 0.05) is 47.2 Å². The van der Waals surface area contributed by atoms with Crippen LogP contribution in [-0.4, -0.2) is 89.1 Å². The molecule has 0 amide bonds. The molecule has 0 radical (unpaired) electrons. The van der Waals surface area contributed by atoms with E-state index in [1.807, 2.05) is 0 Å². The predicted molar refractivity (Wildman–Crippen MR) is 170 cm³/mol. The zero-order valence-electron chi connectivity index (χ0n) is 26.4. The molecule has 4 heterocycles. The number of fused-ring (bicyclic) bond motifs is 8. The Labute approximate surface area is 288 Å². The third kappa shape index (κ3) is 5.20. The number of ketones is 1. The van der Waals surface area contributed by atoms with Crippen LogP contribution in [0, 0.1) is 0 Å². The molecule has 4 aromatic rings. The third-order valence-corrected chi connectivity index (χ3v) is 9.76. The second-order valence-electron chi connectivity index (χ2n) is 12.9. The monoisotopic (exact) mass is 704 g/mol. The number of carbonyl (C=O) groups excluding carboxylic acids is 1. The van der Waals surface area contributed by atoms with Gasteiger partial charge in [-0.1, -0.05) is 12.1 Å². The smallest absolute Gasteiger partial charge is 0.279 e. The van der Waals surface area contributed by atoms with E-state index in [0.717, 1.165) is 0 Å². The molecule has 8 rings (SSSR count). The maximum absolute atomic E-state index is 13.6. The van der Waals surface area contributed by atoms with Gasteiger partial charge in [0.2, 0.25) is 6.29 Å². The molecule has 51 heavy (non-hydrogen) atoms. The topological polar surface area (TPSA) is 245 Å². The van der Waals surface area contributed by atoms with Crippen LogP contribution < -0.4 is 18.9 Å². The highest BCUT2D eigenvalue weighted by atomic mass is 16.7. The van der Waals surface area contributed by atoms with E-state index in [-0.39, 0.29) is 64.0 Å². The molecular formula is C36H32O15. The summed E-state index contributed by atoms with van der Waals surface area (Å²) in [5, 5.41) is 93.7. The van der Waals surface area contributed by atoms with Gasteiger partial charge in [-0.3, -0.25) is 4.79 Å². The van der Waals surface area contributed by atoms with Gasteiger partial charge in [0.25, 0.3) is 5.79 Å². The Morgan fingerprint density at radius 3 is 2.20 bits per heavy atom. The van der Waals surface area contributed by atoms with E-state index in [0.29, 0.717) is 11.1 Å². The van der Waals surface area contributed by atoms with Crippen molar-refractivity contribution in [3.63, 3.8) is 0 Å². The molecule has 1 unspecified atom stereocenters. The molecule has 2 bridgehead atoms. The number of aliphatic hydroxyl groups is 4. The van der Waals surface area contributed by atoms with Crippen molar-refractivity contribution in [1.29, 1.82) is 0 Å². The summed E-state index contributed by atoms with van der Waals surface area (Å²) in [5.41, 5.74) is 1.24. The SMILES string of the molecule is O=C1CC(c2ccc(O)cc2)Oc2c1c(O)cc1c2[C@H]2C[C@](c3ccc(O)c(O)c3)(Oc3cc(O[C@@H]4O[C@H](CO)[C@@H](O)[C@H](O)[C@H]4O)cc(O)c32)O1. The molecule has 8 atom stereocenters. The quantitative estimate of drug-likeness (QED) is 0.135. The van der Waals surface area contributed by atoms with Gasteiger partial charge in [0.05, 0.1) is 13.0 Å². The van der Waals surface area contributed by atoms with Crippen LogP contribution in [0.1, 0.15) is 57.5 Å². The van der Waals surface area contributed by atoms with Gasteiger partial charge in [-0.05, 0) is 35.9 Å². The van der Waals surface area contributed by atoms with Crippen LogP contribution in [0.3, 0.4) is 0 Å². The largest absolute Gasteiger partial charge is 0.508 e. The van der Waals surface area contributed by atoms with Crippen LogP contribution in [0.2, 0.25) is 0 Å². The zero-order chi connectivity index (χ0) is 35.9. The number of benzene rings is 4. The minimum absolute atomic E-state index is 0.0110. The summed E-state index contributed by atoms with van der Waals surface area (Å²) in [5.74, 6) is -4.78. The Morgan fingerprint density at radius 1 is 0.765 bits per heavy atom. The van der Waals surface area contributed by atoms with E-state index in [1.54, 1.807) is 12.1 Å². The van der Waals surface area contributed by atoms with Crippen molar-refractivity contribution in [2.24, 2.45) is 0 Å². The van der Waals surface area contributed by atoms with Crippen LogP contribution in [0.15, 0.2) is 60.7 Å². The first-order chi connectivity index (χ1) is 24.4. The number of hydrogen-bond acceptors (Lipinski definition) is 15. The minimum Gasteiger partial charge on any atom is -0.508 e. The Kier molecular flexibility index (Phi) is 7.59. The molecule has 9 N–H and O–H groups in total. The molecule has 0 aromatic heterocycles. The van der Waals surface area contributed by atoms with E-state index in [9.17, 15) is 50.8 Å². The second-order valence-corrected chi connectivity index (χ2v) is 12.9. The molecule has 0 saturated carbocycles. The lowest BCUT2D eigenvalue weighted by molar-refractivity contribution is -0.277. The van der Waals surface area contributed by atoms with Crippen molar-refractivity contribution in [1.82, 2.24) is 0 Å². The van der Waals surface area contributed by atoms with Gasteiger partial charge >= 0.3 is 0 Å². The maximum atomic E-state index is 13.6. The van der Waals surface area contributed by atoms with Crippen molar-refractivity contribution < 1.29 is 74.4 Å². The lowest BCUT2D eigenvalue weighted by Gasteiger charge is -2.47. The Morgan fingerprint density at radius 2 is 1.49 bits per heavy atom. The number of hydrogen-bond donors (Lipinski definition) is 9. The summed E-state index contributed by atoms with van der Waals surface area (Å²) in [6, 6.07) is 13.9. The molecule has 0 aliphatic carbocycles. The Bertz CT molecular complexity index is 2050. The standard InChI is InChI=1S/C36H32O15/c37-13-27-31(44)32(45)33(46)35(49-27)47-17-8-21(41)28-18-12-36(50-25(28)9-17,15-3-6-19(39)20(40)7-15)51-26-11-23(43)30-22(42)10-24(48-34(30)29(18)26)14-1-4-16(38)5-2-14/h1-9,11,18,24,27,31-33,35,37-41,43-46H,10,12-13H2/t18-,24?,27+,31+,32-,33+,35+,36-/m0/s1. The van der Waals surface area contributed by atoms with Crippen molar-refractivity contribution >= 4 is 5.78 Å². The zero-order valence-corrected chi connectivity index (χ0v) is 26.4. The van der Waals surface area contributed by atoms with Crippen LogP contribution >= 0.6 is 0 Å². The van der Waals surface area contributed by atoms with Crippen LogP contribution in [-0.2, 0) is 10.5 Å². The van der Waals surface area contributed by atoms with Crippen molar-refractivity contribution in [3.8, 4) is 51.7 Å². The fraction of sp³-hybridized carbons (Fsp3) is 0.306. The van der Waals surface area contributed by atoms with Gasteiger partial charge in [0.15, 0.2) is 17.3 Å². The van der Waals surface area contributed by atoms with Crippen molar-refractivity contribution in [2.45, 2.75) is 61.4 Å². The fourth-order valence-electron chi connectivity index (χ4n) is 7.23. The average Bonchev–Trinajstić information content (AvgIpc) is 3.09. The molecule has 15 nitrogen and oxygen atoms in total. The molecule has 4 aliphatic rings. The Balaban J connectivity index is 1.27. The lowest BCUT2D eigenvalue weighted by Crippen LogP contribution is -2.60. The van der Waals surface area contributed by atoms with Gasteiger partial charge < -0.3 is 69.6 Å². The minimum atomic E-state index is -1.76. The van der Waals surface area contributed by atoms with E-state index in [4.69, 9.17) is 23.7 Å². The lowest BCUT2D eigenvalue weighted by atomic mass is 9.76. The first kappa shape index (κ1) is 32.7. The molecule has 266 valence electrons. The van der Waals surface area contributed by atoms with Crippen LogP contribution in [0.4, 0.5) is 0 Å². The second kappa shape index (κ2) is 11.8. The number of rotatable bonds is 5. The van der Waals surface area contributed by atoms with Gasteiger partial charge in [-0.2, -0.15) is 0 Å². The predicted octanol–water partition coefficient (Wildman–Crippen LogP) is 2.26. The van der Waals surface area contributed by atoms with Crippen LogP contribution in [0.25, 0.3) is 0 Å². The molecule has 4 aromatic carbocycles. The summed E-state index contributed by atoms with van der Waals surface area (Å²) in [6.45, 7) is -0.693. The van der Waals surface area contributed by atoms with E-state index >= 15 is 0 Å². The molecule has 4 aliphatic heterocycles. The summed E-state index contributed by atoms with van der Waals surface area (Å²) < 4.78 is 30.6. The van der Waals surface area contributed by atoms with Gasteiger partial charge in [-0.25, -0.2) is 0 Å². The van der Waals surface area contributed by atoms with Gasteiger partial charge in [-0.15, -0.1) is 0 Å². The third-order valence-electron chi connectivity index (χ3n) is 9.76. The average molecular weight is 705 g/mol. The first-order valence-corrected chi connectivity index (χ1v) is 16.0. The summed E-state index contributed by atoms with van der Waals surface area (Å²) in [4.78, 5) is 13.6. The number of carbonyl (C=O) groups is 1. The highest BCUT2D eigenvalue weighted by Gasteiger charge is 2.54. The number of aromatic hydroxyl groups is 5. The van der Waals surface area contributed by atoms with E-state index in [1.165, 1.54) is 48.5 Å². The molecule has 15 heteroatoms. The number of aliphatic hydroxyl groups excluding tert-OH is 4. The number of phenolic OH excluding ortho intramolecular Hbond substituents is 5. The summed E-state index contributed by atoms with van der Waals surface area (Å²) in [6.07, 6.45) is -8.94. The van der Waals surface area contributed by atoms with Crippen molar-refractivity contribution in [3.05, 3.63) is 88.5 Å². The number of ether oxygens (including phenoxy) is 5. The Hall–Kier alpha value is -5.45. The molecular weight excluding hydrogens is 672 g/mol.